The molecular formula is C22H19FN4O3S. The maximum absolute atomic E-state index is 14.2. The predicted molar refractivity (Wildman–Crippen MR) is 117 cm³/mol. The van der Waals surface area contributed by atoms with Gasteiger partial charge >= 0.3 is 0 Å². The van der Waals surface area contributed by atoms with Gasteiger partial charge in [0.15, 0.2) is 0 Å². The Morgan fingerprint density at radius 3 is 2.42 bits per heavy atom. The Hall–Kier alpha value is -3.56. The number of halogens is 1. The number of benzene rings is 3. The molecule has 4 aromatic rings. The number of rotatable bonds is 5. The summed E-state index contributed by atoms with van der Waals surface area (Å²) in [6.07, 6.45) is 0. The molecule has 0 aliphatic rings. The van der Waals surface area contributed by atoms with Crippen molar-refractivity contribution in [1.29, 1.82) is 0 Å². The smallest absolute Gasteiger partial charge is 0.258 e. The van der Waals surface area contributed by atoms with Gasteiger partial charge in [0.2, 0.25) is 10.0 Å². The molecule has 0 unspecified atom stereocenters. The van der Waals surface area contributed by atoms with Crippen molar-refractivity contribution in [2.75, 3.05) is 19.4 Å². The van der Waals surface area contributed by atoms with Crippen LogP contribution < -0.4 is 5.32 Å². The summed E-state index contributed by atoms with van der Waals surface area (Å²) >= 11 is 0. The fourth-order valence-corrected chi connectivity index (χ4v) is 3.98. The number of aromatic amines is 1. The Labute approximate surface area is 178 Å². The van der Waals surface area contributed by atoms with E-state index in [4.69, 9.17) is 0 Å². The molecule has 0 aliphatic heterocycles. The second-order valence-corrected chi connectivity index (χ2v) is 9.21. The van der Waals surface area contributed by atoms with Gasteiger partial charge in [0.05, 0.1) is 21.5 Å². The number of nitrogens with one attached hydrogen (secondary N) is 2. The van der Waals surface area contributed by atoms with Crippen LogP contribution in [0.1, 0.15) is 10.4 Å². The van der Waals surface area contributed by atoms with Gasteiger partial charge in [-0.15, -0.1) is 0 Å². The van der Waals surface area contributed by atoms with Crippen LogP contribution in [0.4, 0.5) is 10.1 Å². The fourth-order valence-electron chi connectivity index (χ4n) is 3.05. The maximum atomic E-state index is 14.2. The Morgan fingerprint density at radius 2 is 1.74 bits per heavy atom. The molecule has 0 radical (unpaired) electrons. The standard InChI is InChI=1S/C22H19FN4O3S/c1-27(2)31(29,30)16-11-12-18(23)17(13-16)22(28)24-15-9-7-14(8-10-15)21-25-19-5-3-4-6-20(19)26-21/h3-13H,1-2H3,(H,24,28)(H,25,26). The van der Waals surface area contributed by atoms with E-state index in [0.29, 0.717) is 11.5 Å². The lowest BCUT2D eigenvalue weighted by molar-refractivity contribution is 0.102. The van der Waals surface area contributed by atoms with E-state index in [1.54, 1.807) is 24.3 Å². The minimum absolute atomic E-state index is 0.163. The molecule has 0 spiro atoms. The lowest BCUT2D eigenvalue weighted by atomic mass is 10.1. The van der Waals surface area contributed by atoms with Gasteiger partial charge in [0.1, 0.15) is 11.6 Å². The number of imidazole rings is 1. The molecule has 1 aromatic heterocycles. The summed E-state index contributed by atoms with van der Waals surface area (Å²) in [5, 5.41) is 2.59. The first-order chi connectivity index (χ1) is 14.8. The zero-order valence-electron chi connectivity index (χ0n) is 16.8. The fraction of sp³-hybridized carbons (Fsp3) is 0.0909. The molecule has 2 N–H and O–H groups in total. The van der Waals surface area contributed by atoms with Gasteiger partial charge in [-0.2, -0.15) is 0 Å². The molecule has 1 heterocycles. The number of hydrogen-bond acceptors (Lipinski definition) is 4. The second-order valence-electron chi connectivity index (χ2n) is 7.06. The summed E-state index contributed by atoms with van der Waals surface area (Å²) in [5.41, 5.74) is 2.66. The lowest BCUT2D eigenvalue weighted by Gasteiger charge is -2.13. The predicted octanol–water partition coefficient (Wildman–Crippen LogP) is 3.87. The van der Waals surface area contributed by atoms with Crippen LogP contribution in [0.2, 0.25) is 0 Å². The van der Waals surface area contributed by atoms with Crippen LogP contribution in [-0.2, 0) is 10.0 Å². The van der Waals surface area contributed by atoms with E-state index in [-0.39, 0.29) is 10.5 Å². The normalized spacial score (nSPS) is 11.7. The number of amides is 1. The van der Waals surface area contributed by atoms with Gasteiger partial charge in [-0.25, -0.2) is 22.1 Å². The summed E-state index contributed by atoms with van der Waals surface area (Å²) in [5.74, 6) is -0.870. The Balaban J connectivity index is 1.56. The molecule has 3 aromatic carbocycles. The van der Waals surface area contributed by atoms with Gasteiger partial charge in [-0.3, -0.25) is 4.79 Å². The number of fused-ring (bicyclic) bond motifs is 1. The number of aromatic nitrogens is 2. The molecule has 0 saturated heterocycles. The van der Waals surface area contributed by atoms with Crippen LogP contribution in [0.15, 0.2) is 71.6 Å². The summed E-state index contributed by atoms with van der Waals surface area (Å²) in [7, 11) is -1.07. The number of sulfonamides is 1. The van der Waals surface area contributed by atoms with Gasteiger partial charge < -0.3 is 10.3 Å². The van der Waals surface area contributed by atoms with E-state index >= 15 is 0 Å². The van der Waals surface area contributed by atoms with Gasteiger partial charge in [-0.1, -0.05) is 12.1 Å². The summed E-state index contributed by atoms with van der Waals surface area (Å²) in [6.45, 7) is 0. The zero-order chi connectivity index (χ0) is 22.2. The first-order valence-electron chi connectivity index (χ1n) is 9.34. The number of carbonyl (C=O) groups excluding carboxylic acids is 1. The maximum Gasteiger partial charge on any atom is 0.258 e. The monoisotopic (exact) mass is 438 g/mol. The van der Waals surface area contributed by atoms with Crippen molar-refractivity contribution in [3.8, 4) is 11.4 Å². The van der Waals surface area contributed by atoms with Crippen LogP contribution in [-0.4, -0.2) is 42.7 Å². The molecular weight excluding hydrogens is 419 g/mol. The Morgan fingerprint density at radius 1 is 1.03 bits per heavy atom. The molecule has 4 rings (SSSR count). The lowest BCUT2D eigenvalue weighted by Crippen LogP contribution is -2.23. The van der Waals surface area contributed by atoms with Crippen molar-refractivity contribution in [2.45, 2.75) is 4.90 Å². The van der Waals surface area contributed by atoms with Crippen molar-refractivity contribution in [3.63, 3.8) is 0 Å². The van der Waals surface area contributed by atoms with Crippen molar-refractivity contribution >= 4 is 32.7 Å². The number of anilines is 1. The van der Waals surface area contributed by atoms with E-state index in [0.717, 1.165) is 39.1 Å². The van der Waals surface area contributed by atoms with E-state index in [9.17, 15) is 17.6 Å². The van der Waals surface area contributed by atoms with E-state index in [1.165, 1.54) is 14.1 Å². The molecule has 158 valence electrons. The number of hydrogen-bond donors (Lipinski definition) is 2. The van der Waals surface area contributed by atoms with Crippen LogP contribution in [0.3, 0.4) is 0 Å². The Kier molecular flexibility index (Phi) is 5.30. The SMILES string of the molecule is CN(C)S(=O)(=O)c1ccc(F)c(C(=O)Nc2ccc(-c3nc4ccccc4[nH]3)cc2)c1. The van der Waals surface area contributed by atoms with Crippen LogP contribution in [0.5, 0.6) is 0 Å². The first-order valence-corrected chi connectivity index (χ1v) is 10.8. The van der Waals surface area contributed by atoms with Gasteiger partial charge in [0.25, 0.3) is 5.91 Å². The first kappa shape index (κ1) is 20.7. The van der Waals surface area contributed by atoms with Gasteiger partial charge in [0, 0.05) is 25.3 Å². The summed E-state index contributed by atoms with van der Waals surface area (Å²) < 4.78 is 39.8. The number of H-pyrrole nitrogens is 1. The third kappa shape index (κ3) is 4.05. The van der Waals surface area contributed by atoms with Crippen molar-refractivity contribution in [2.24, 2.45) is 0 Å². The minimum atomic E-state index is -3.79. The highest BCUT2D eigenvalue weighted by molar-refractivity contribution is 7.89. The quantitative estimate of drug-likeness (QED) is 0.494. The second kappa shape index (κ2) is 7.93. The zero-order valence-corrected chi connectivity index (χ0v) is 17.6. The highest BCUT2D eigenvalue weighted by Gasteiger charge is 2.21. The van der Waals surface area contributed by atoms with Crippen LogP contribution in [0, 0.1) is 5.82 Å². The highest BCUT2D eigenvalue weighted by Crippen LogP contribution is 2.23. The van der Waals surface area contributed by atoms with E-state index in [2.05, 4.69) is 15.3 Å². The highest BCUT2D eigenvalue weighted by atomic mass is 32.2. The minimum Gasteiger partial charge on any atom is -0.338 e. The van der Waals surface area contributed by atoms with Crippen molar-refractivity contribution in [1.82, 2.24) is 14.3 Å². The number of carbonyl (C=O) groups is 1. The molecule has 7 nitrogen and oxygen atoms in total. The topological polar surface area (TPSA) is 95.2 Å². The molecule has 0 bridgehead atoms. The van der Waals surface area contributed by atoms with E-state index in [1.807, 2.05) is 24.3 Å². The molecule has 31 heavy (non-hydrogen) atoms. The third-order valence-electron chi connectivity index (χ3n) is 4.77. The molecule has 0 fully saturated rings. The van der Waals surface area contributed by atoms with E-state index < -0.39 is 21.7 Å². The number of para-hydroxylation sites is 2. The van der Waals surface area contributed by atoms with Crippen molar-refractivity contribution < 1.29 is 17.6 Å². The molecule has 0 atom stereocenters. The average Bonchev–Trinajstić information content (AvgIpc) is 3.18. The molecule has 9 heteroatoms. The van der Waals surface area contributed by atoms with Crippen LogP contribution >= 0.6 is 0 Å². The molecule has 0 aliphatic carbocycles. The third-order valence-corrected chi connectivity index (χ3v) is 6.58. The van der Waals surface area contributed by atoms with Crippen LogP contribution in [0.25, 0.3) is 22.4 Å². The van der Waals surface area contributed by atoms with Crippen molar-refractivity contribution in [3.05, 3.63) is 78.1 Å². The number of nitrogens with zero attached hydrogens (tertiary/aromatic N) is 2. The van der Waals surface area contributed by atoms with Gasteiger partial charge in [-0.05, 0) is 54.6 Å². The molecule has 1 amide bonds. The largest absolute Gasteiger partial charge is 0.338 e. The average molecular weight is 438 g/mol. The summed E-state index contributed by atoms with van der Waals surface area (Å²) in [6, 6.07) is 17.7. The Bertz CT molecular complexity index is 1350. The summed E-state index contributed by atoms with van der Waals surface area (Å²) in [4.78, 5) is 20.2. The molecule has 0 saturated carbocycles.